The maximum atomic E-state index is 13.7. The Hall–Kier alpha value is -4.49. The summed E-state index contributed by atoms with van der Waals surface area (Å²) in [5, 5.41) is 9.65. The smallest absolute Gasteiger partial charge is 0.255 e. The van der Waals surface area contributed by atoms with Crippen LogP contribution in [0.4, 0.5) is 17.1 Å². The van der Waals surface area contributed by atoms with E-state index in [0.717, 1.165) is 52.4 Å². The van der Waals surface area contributed by atoms with Crippen molar-refractivity contribution in [1.82, 2.24) is 25.6 Å². The number of hydrogen-bond acceptors (Lipinski definition) is 9. The largest absolute Gasteiger partial charge is 0.593 e. The topological polar surface area (TPSA) is 122 Å². The summed E-state index contributed by atoms with van der Waals surface area (Å²) < 4.78 is 22.7. The van der Waals surface area contributed by atoms with Gasteiger partial charge >= 0.3 is 0 Å². The van der Waals surface area contributed by atoms with Crippen LogP contribution in [0.15, 0.2) is 73.1 Å². The molecule has 1 aliphatic rings. The van der Waals surface area contributed by atoms with Gasteiger partial charge in [0, 0.05) is 30.3 Å². The fourth-order valence-electron chi connectivity index (χ4n) is 5.35. The Balaban J connectivity index is 1.45. The first-order valence-corrected chi connectivity index (χ1v) is 17.0. The van der Waals surface area contributed by atoms with Crippen molar-refractivity contribution in [3.8, 4) is 11.4 Å². The highest BCUT2D eigenvalue weighted by Gasteiger charge is 2.25. The highest BCUT2D eigenvalue weighted by atomic mass is 32.2. The number of hydrazine groups is 2. The van der Waals surface area contributed by atoms with E-state index in [1.807, 2.05) is 83.6 Å². The van der Waals surface area contributed by atoms with Gasteiger partial charge in [-0.2, -0.15) is 5.10 Å². The summed E-state index contributed by atoms with van der Waals surface area (Å²) in [5.41, 5.74) is 14.5. The number of hydrogen-bond donors (Lipinski definition) is 4. The van der Waals surface area contributed by atoms with E-state index in [1.54, 1.807) is 12.3 Å². The predicted octanol–water partition coefficient (Wildman–Crippen LogP) is 5.38. The monoisotopic (exact) mass is 656 g/mol. The van der Waals surface area contributed by atoms with Crippen molar-refractivity contribution < 1.29 is 14.1 Å². The van der Waals surface area contributed by atoms with Crippen LogP contribution >= 0.6 is 0 Å². The molecule has 1 aliphatic heterocycles. The molecule has 0 fully saturated rings. The number of methoxy groups -OCH3 is 1. The molecule has 0 bridgehead atoms. The lowest BCUT2D eigenvalue weighted by atomic mass is 9.86. The lowest BCUT2D eigenvalue weighted by molar-refractivity contribution is 0.102. The second kappa shape index (κ2) is 14.1. The van der Waals surface area contributed by atoms with E-state index >= 15 is 0 Å². The van der Waals surface area contributed by atoms with Gasteiger partial charge in [0.1, 0.15) is 11.9 Å². The fourth-order valence-corrected chi connectivity index (χ4v) is 5.81. The van der Waals surface area contributed by atoms with Gasteiger partial charge in [-0.3, -0.25) is 9.80 Å². The summed E-state index contributed by atoms with van der Waals surface area (Å²) in [7, 11) is 5.65. The number of carbonyl (C=O) groups is 1. The molecule has 248 valence electrons. The van der Waals surface area contributed by atoms with Crippen LogP contribution in [0, 0.1) is 6.92 Å². The molecule has 47 heavy (non-hydrogen) atoms. The highest BCUT2D eigenvalue weighted by molar-refractivity contribution is 7.92. The number of likely N-dealkylation sites (N-methyl/N-ethyl adjacent to an activating group) is 1. The van der Waals surface area contributed by atoms with Crippen LogP contribution in [0.2, 0.25) is 0 Å². The molecule has 1 aromatic heterocycles. The van der Waals surface area contributed by atoms with Gasteiger partial charge in [0.15, 0.2) is 5.75 Å². The number of aryl methyl sites for hydroxylation is 1. The minimum absolute atomic E-state index is 0.225. The molecule has 0 radical (unpaired) electrons. The predicted molar refractivity (Wildman–Crippen MR) is 191 cm³/mol. The van der Waals surface area contributed by atoms with E-state index in [9.17, 15) is 9.35 Å². The van der Waals surface area contributed by atoms with Gasteiger partial charge in [0.2, 0.25) is 0 Å². The number of rotatable bonds is 11. The number of benzene rings is 3. The first-order valence-electron chi connectivity index (χ1n) is 15.4. The average molecular weight is 657 g/mol. The molecule has 2 heterocycles. The fraction of sp³-hybridized carbons (Fsp3) is 0.314. The molecule has 1 atom stereocenters. The normalized spacial score (nSPS) is 13.7. The zero-order valence-corrected chi connectivity index (χ0v) is 29.1. The third-order valence-electron chi connectivity index (χ3n) is 7.92. The van der Waals surface area contributed by atoms with Crippen LogP contribution in [0.3, 0.4) is 0 Å². The Morgan fingerprint density at radius 2 is 1.81 bits per heavy atom. The molecular formula is C35H44N8O3S. The molecule has 4 aromatic rings. The molecule has 3 aromatic carbocycles. The number of nitrogens with zero attached hydrogens (tertiary/aromatic N) is 4. The summed E-state index contributed by atoms with van der Waals surface area (Å²) in [6, 6.07) is 19.5. The summed E-state index contributed by atoms with van der Waals surface area (Å²) in [5.74, 6) is 0.110. The molecule has 0 aliphatic carbocycles. The minimum atomic E-state index is -1.33. The molecule has 0 saturated carbocycles. The number of para-hydroxylation sites is 1. The number of amides is 1. The van der Waals surface area contributed by atoms with Crippen LogP contribution in [-0.2, 0) is 23.2 Å². The number of carbonyl (C=O) groups excluding carboxylic acids is 1. The quantitative estimate of drug-likeness (QED) is 0.158. The van der Waals surface area contributed by atoms with Crippen molar-refractivity contribution in [1.29, 1.82) is 0 Å². The molecular weight excluding hydrogens is 613 g/mol. The van der Waals surface area contributed by atoms with Crippen molar-refractivity contribution in [2.45, 2.75) is 39.5 Å². The maximum absolute atomic E-state index is 13.7. The third kappa shape index (κ3) is 7.74. The van der Waals surface area contributed by atoms with E-state index in [4.69, 9.17) is 9.84 Å². The molecule has 1 unspecified atom stereocenters. The maximum Gasteiger partial charge on any atom is 0.255 e. The van der Waals surface area contributed by atoms with Gasteiger partial charge in [0.25, 0.3) is 5.91 Å². The lowest BCUT2D eigenvalue weighted by Crippen LogP contribution is -2.36. The molecule has 0 spiro atoms. The Kier molecular flexibility index (Phi) is 10.2. The van der Waals surface area contributed by atoms with Crippen molar-refractivity contribution in [3.05, 3.63) is 101 Å². The number of anilines is 3. The molecule has 11 nitrogen and oxygen atoms in total. The average Bonchev–Trinajstić information content (AvgIpc) is 3.67. The van der Waals surface area contributed by atoms with Gasteiger partial charge in [-0.25, -0.2) is 9.40 Å². The number of nitrogens with one attached hydrogen (secondary N) is 4. The molecule has 12 heteroatoms. The van der Waals surface area contributed by atoms with Crippen LogP contribution in [0.1, 0.15) is 53.5 Å². The summed E-state index contributed by atoms with van der Waals surface area (Å²) >= 11 is -1.33. The van der Waals surface area contributed by atoms with Gasteiger partial charge < -0.3 is 24.9 Å². The van der Waals surface area contributed by atoms with Gasteiger partial charge in [0.05, 0.1) is 53.1 Å². The van der Waals surface area contributed by atoms with Crippen LogP contribution < -0.4 is 30.7 Å². The minimum Gasteiger partial charge on any atom is -0.593 e. The van der Waals surface area contributed by atoms with Crippen molar-refractivity contribution in [2.75, 3.05) is 49.1 Å². The highest BCUT2D eigenvalue weighted by Crippen LogP contribution is 2.39. The van der Waals surface area contributed by atoms with E-state index in [0.29, 0.717) is 22.7 Å². The SMILES string of the molecule is COc1c(NC(=O)c2ccc(C)c(N3C=C(c4cnn(-c5ccccc5)c4CCN(C)C)NN3)c2)cc(C(C)(C)C)cc1N[S+](C)[O-]. The number of aromatic nitrogens is 2. The van der Waals surface area contributed by atoms with Crippen LogP contribution in [0.25, 0.3) is 11.4 Å². The second-order valence-corrected chi connectivity index (χ2v) is 13.9. The third-order valence-corrected chi connectivity index (χ3v) is 8.42. The van der Waals surface area contributed by atoms with Gasteiger partial charge in [-0.1, -0.05) is 45.0 Å². The first-order chi connectivity index (χ1) is 22.3. The Bertz CT molecular complexity index is 1760. The van der Waals surface area contributed by atoms with E-state index < -0.39 is 11.4 Å². The first kappa shape index (κ1) is 33.9. The van der Waals surface area contributed by atoms with Crippen molar-refractivity contribution in [2.24, 2.45) is 0 Å². The molecule has 1 amide bonds. The zero-order chi connectivity index (χ0) is 33.9. The van der Waals surface area contributed by atoms with Crippen LogP contribution in [0.5, 0.6) is 5.75 Å². The Morgan fingerprint density at radius 1 is 1.09 bits per heavy atom. The zero-order valence-electron chi connectivity index (χ0n) is 28.3. The van der Waals surface area contributed by atoms with E-state index in [1.165, 1.54) is 7.11 Å². The standard InChI is InChI=1S/C35H44N8O3S/c1-23-14-15-24(34(44)37-28-19-25(35(2,3)4)20-29(33(28)46-7)39-47(8)45)18-32(23)42-22-30(38-40-42)27-21-36-43(26-12-10-9-11-13-26)31(27)16-17-41(5)6/h9-15,18-22,38-40H,16-17H2,1-8H3,(H,37,44). The summed E-state index contributed by atoms with van der Waals surface area (Å²) in [6.07, 6.45) is 6.22. The van der Waals surface area contributed by atoms with Crippen molar-refractivity contribution in [3.63, 3.8) is 0 Å². The van der Waals surface area contributed by atoms with Gasteiger partial charge in [-0.15, -0.1) is 5.53 Å². The van der Waals surface area contributed by atoms with Crippen LogP contribution in [-0.4, -0.2) is 59.1 Å². The van der Waals surface area contributed by atoms with Crippen molar-refractivity contribution >= 4 is 40.0 Å². The Labute approximate surface area is 280 Å². The second-order valence-electron chi connectivity index (χ2n) is 12.8. The molecule has 0 saturated heterocycles. The van der Waals surface area contributed by atoms with E-state index in [2.05, 4.69) is 60.8 Å². The van der Waals surface area contributed by atoms with Gasteiger partial charge in [-0.05, 0) is 74.0 Å². The summed E-state index contributed by atoms with van der Waals surface area (Å²) in [4.78, 5) is 15.9. The van der Waals surface area contributed by atoms with E-state index in [-0.39, 0.29) is 11.3 Å². The number of ether oxygens (including phenoxy) is 1. The molecule has 4 N–H and O–H groups in total. The Morgan fingerprint density at radius 3 is 2.47 bits per heavy atom. The summed E-state index contributed by atoms with van der Waals surface area (Å²) in [6.45, 7) is 9.10. The molecule has 5 rings (SSSR count). The lowest BCUT2D eigenvalue weighted by Gasteiger charge is -2.24.